The second-order valence-corrected chi connectivity index (χ2v) is 19.8. The normalized spacial score (nSPS) is 11.6. The molecule has 0 aliphatic carbocycles. The minimum Gasteiger partial charge on any atom is -0.508 e. The van der Waals surface area contributed by atoms with E-state index in [1.54, 1.807) is 97.1 Å². The number of benzene rings is 8. The number of carbonyl (C=O) groups is 4. The van der Waals surface area contributed by atoms with E-state index in [0.717, 1.165) is 27.6 Å². The number of amides is 4. The molecule has 0 aliphatic rings. The van der Waals surface area contributed by atoms with Crippen LogP contribution in [0.5, 0.6) is 23.0 Å². The van der Waals surface area contributed by atoms with E-state index >= 15 is 0 Å². The lowest BCUT2D eigenvalue weighted by atomic mass is 10.0. The maximum Gasteiger partial charge on any atom is 0.291 e. The summed E-state index contributed by atoms with van der Waals surface area (Å²) in [5.41, 5.74) is 7.03. The first kappa shape index (κ1) is 55.9. The summed E-state index contributed by atoms with van der Waals surface area (Å²) in [7, 11) is 0. The maximum absolute atomic E-state index is 13.1. The number of halogens is 1. The number of carbonyl (C=O) groups excluding carboxylic acids is 4. The zero-order chi connectivity index (χ0) is 56.7. The Bertz CT molecular complexity index is 3740. The summed E-state index contributed by atoms with van der Waals surface area (Å²) in [6.45, 7) is 5.64. The number of hydrogen-bond acceptors (Lipinski definition) is 10. The van der Waals surface area contributed by atoms with Gasteiger partial charge in [0.05, 0.1) is 24.6 Å². The van der Waals surface area contributed by atoms with Crippen molar-refractivity contribution >= 4 is 68.5 Å². The summed E-state index contributed by atoms with van der Waals surface area (Å²) in [4.78, 5) is 52.2. The second kappa shape index (κ2) is 26.7. The molecule has 15 heteroatoms. The van der Waals surface area contributed by atoms with E-state index in [4.69, 9.17) is 29.9 Å². The van der Waals surface area contributed by atoms with Crippen molar-refractivity contribution in [3.05, 3.63) is 250 Å². The van der Waals surface area contributed by atoms with Gasteiger partial charge in [0.15, 0.2) is 11.5 Å². The Hall–Kier alpha value is -9.79. The molecule has 6 N–H and O–H groups in total. The third-order valence-corrected chi connectivity index (χ3v) is 13.6. The van der Waals surface area contributed by atoms with Crippen molar-refractivity contribution in [1.82, 2.24) is 10.6 Å². The minimum absolute atomic E-state index is 0.119. The molecule has 2 unspecified atom stereocenters. The number of nitrogens with one attached hydrogen (secondary N) is 4. The van der Waals surface area contributed by atoms with Gasteiger partial charge in [0, 0.05) is 52.9 Å². The molecule has 0 fully saturated rings. The molecule has 410 valence electrons. The first-order valence-electron chi connectivity index (χ1n) is 26.4. The van der Waals surface area contributed by atoms with Gasteiger partial charge in [-0.15, -0.1) is 0 Å². The summed E-state index contributed by atoms with van der Waals surface area (Å²) in [5.74, 6) is 0.307. The summed E-state index contributed by atoms with van der Waals surface area (Å²) >= 11 is 6.07. The van der Waals surface area contributed by atoms with Crippen LogP contribution in [0.4, 0.5) is 11.4 Å². The van der Waals surface area contributed by atoms with Gasteiger partial charge in [-0.2, -0.15) is 0 Å². The van der Waals surface area contributed by atoms with Crippen molar-refractivity contribution in [3.63, 3.8) is 0 Å². The van der Waals surface area contributed by atoms with Gasteiger partial charge in [-0.05, 0) is 131 Å². The van der Waals surface area contributed by atoms with Crippen LogP contribution in [-0.4, -0.2) is 60.1 Å². The lowest BCUT2D eigenvalue weighted by molar-refractivity contribution is 0.0943. The van der Waals surface area contributed by atoms with Crippen molar-refractivity contribution < 1.29 is 47.7 Å². The van der Waals surface area contributed by atoms with E-state index in [0.29, 0.717) is 88.1 Å². The highest BCUT2D eigenvalue weighted by molar-refractivity contribution is 6.31. The smallest absolute Gasteiger partial charge is 0.291 e. The molecule has 8 aromatic carbocycles. The maximum atomic E-state index is 13.1. The highest BCUT2D eigenvalue weighted by atomic mass is 35.5. The molecule has 0 radical (unpaired) electrons. The van der Waals surface area contributed by atoms with Crippen LogP contribution in [0.2, 0.25) is 5.02 Å². The Kier molecular flexibility index (Phi) is 18.4. The lowest BCUT2D eigenvalue weighted by Crippen LogP contribution is -2.27. The summed E-state index contributed by atoms with van der Waals surface area (Å²) in [6, 6.07) is 59.4. The van der Waals surface area contributed by atoms with Crippen LogP contribution in [0.3, 0.4) is 0 Å². The minimum atomic E-state index is -0.463. The number of hydrogen-bond donors (Lipinski definition) is 6. The van der Waals surface area contributed by atoms with Crippen molar-refractivity contribution in [2.24, 2.45) is 0 Å². The first-order valence-corrected chi connectivity index (χ1v) is 26.8. The molecule has 4 amide bonds. The fourth-order valence-electron chi connectivity index (χ4n) is 8.74. The predicted octanol–water partition coefficient (Wildman–Crippen LogP) is 13.7. The van der Waals surface area contributed by atoms with Crippen molar-refractivity contribution in [1.29, 1.82) is 0 Å². The number of para-hydroxylation sites is 1. The lowest BCUT2D eigenvalue weighted by Gasteiger charge is -2.16. The molecule has 10 rings (SSSR count). The fourth-order valence-corrected chi connectivity index (χ4v) is 8.92. The average Bonchev–Trinajstić information content (AvgIpc) is 4.28. The van der Waals surface area contributed by atoms with Gasteiger partial charge in [-0.3, -0.25) is 19.2 Å². The molecular weight excluding hydrogens is 1040 g/mol. The zero-order valence-electron chi connectivity index (χ0n) is 44.5. The first-order chi connectivity index (χ1) is 39.3. The van der Waals surface area contributed by atoms with Gasteiger partial charge < -0.3 is 49.8 Å². The van der Waals surface area contributed by atoms with Crippen LogP contribution in [0.1, 0.15) is 89.8 Å². The Morgan fingerprint density at radius 2 is 0.901 bits per heavy atom. The number of fused-ring (bicyclic) bond motifs is 2. The number of phenolic OH excluding ortho intramolecular Hbond substituents is 2. The molecule has 2 atom stereocenters. The number of anilines is 2. The second-order valence-electron chi connectivity index (χ2n) is 19.3. The molecule has 14 nitrogen and oxygen atoms in total. The topological polar surface area (TPSA) is 202 Å². The number of furan rings is 2. The molecule has 0 bridgehead atoms. The molecule has 2 heterocycles. The number of rotatable bonds is 20. The monoisotopic (exact) mass is 1100 g/mol. The SMILES string of the molecule is CC(CNC(=O)c1ccc(NC(=O)c2cc3cc(Cl)ccc3o2)c(OCCc2ccc(O)cc2)c1)c1ccccc1.CC(CNC(=O)c1ccc(NC(=O)c2cc3ccccc3o2)c(OCCc2ccc(O)cc2)c1)c1ccccc1. The Balaban J connectivity index is 0.000000196. The summed E-state index contributed by atoms with van der Waals surface area (Å²) < 4.78 is 23.5. The Labute approximate surface area is 473 Å². The van der Waals surface area contributed by atoms with Crippen LogP contribution in [0.25, 0.3) is 21.9 Å². The predicted molar refractivity (Wildman–Crippen MR) is 315 cm³/mol. The van der Waals surface area contributed by atoms with Gasteiger partial charge in [-0.25, -0.2) is 0 Å². The zero-order valence-corrected chi connectivity index (χ0v) is 45.2. The van der Waals surface area contributed by atoms with Crippen LogP contribution in [0, 0.1) is 0 Å². The quantitative estimate of drug-likeness (QED) is 0.0426. The highest BCUT2D eigenvalue weighted by Crippen LogP contribution is 2.31. The standard InChI is InChI=1S/C33H29ClN2O5.C33H30N2O5/c1-21(23-5-3-2-4-6-23)20-35-32(38)24-9-13-28(30(18-24)40-16-15-22-7-11-27(37)12-8-22)36-33(39)31-19-25-17-26(34)10-14-29(25)41-31;1-22(24-7-3-2-4-8-24)21-34-32(37)26-13-16-28(30(20-26)39-18-17-23-11-14-27(36)15-12-23)35-33(38)31-19-25-9-5-6-10-29(25)40-31/h2-14,17-19,21,37H,15-16,20H2,1H3,(H,35,38)(H,36,39);2-16,19-20,22,36H,17-18,21H2,1H3,(H,34,37)(H,35,38). The molecule has 0 saturated carbocycles. The van der Waals surface area contributed by atoms with Crippen LogP contribution < -0.4 is 30.7 Å². The molecule has 2 aromatic heterocycles. The van der Waals surface area contributed by atoms with E-state index in [-0.39, 0.29) is 53.3 Å². The summed E-state index contributed by atoms with van der Waals surface area (Å²) in [5, 5.41) is 32.8. The van der Waals surface area contributed by atoms with Crippen LogP contribution in [0.15, 0.2) is 209 Å². The molecular formula is C66H59ClN4O10. The summed E-state index contributed by atoms with van der Waals surface area (Å²) in [6.07, 6.45) is 1.13. The van der Waals surface area contributed by atoms with Gasteiger partial charge >= 0.3 is 0 Å². The van der Waals surface area contributed by atoms with E-state index < -0.39 is 11.8 Å². The molecule has 10 aromatic rings. The van der Waals surface area contributed by atoms with Gasteiger partial charge in [-0.1, -0.05) is 129 Å². The number of ether oxygens (including phenoxy) is 2. The van der Waals surface area contributed by atoms with Crippen LogP contribution >= 0.6 is 11.6 Å². The van der Waals surface area contributed by atoms with E-state index in [2.05, 4.69) is 35.1 Å². The number of aromatic hydroxyl groups is 2. The van der Waals surface area contributed by atoms with Gasteiger partial charge in [0.25, 0.3) is 23.6 Å². The molecule has 81 heavy (non-hydrogen) atoms. The Morgan fingerprint density at radius 3 is 1.37 bits per heavy atom. The Morgan fingerprint density at radius 1 is 0.469 bits per heavy atom. The fraction of sp³-hybridized carbons (Fsp3) is 0.152. The largest absolute Gasteiger partial charge is 0.508 e. The molecule has 0 aliphatic heterocycles. The third kappa shape index (κ3) is 15.3. The van der Waals surface area contributed by atoms with Gasteiger partial charge in [0.1, 0.15) is 34.2 Å². The van der Waals surface area contributed by atoms with E-state index in [1.807, 2.05) is 103 Å². The van der Waals surface area contributed by atoms with Crippen LogP contribution in [-0.2, 0) is 12.8 Å². The van der Waals surface area contributed by atoms with E-state index in [1.165, 1.54) is 0 Å². The van der Waals surface area contributed by atoms with Crippen molar-refractivity contribution in [3.8, 4) is 23.0 Å². The van der Waals surface area contributed by atoms with Gasteiger partial charge in [0.2, 0.25) is 0 Å². The van der Waals surface area contributed by atoms with Crippen molar-refractivity contribution in [2.45, 2.75) is 38.5 Å². The third-order valence-electron chi connectivity index (χ3n) is 13.4. The average molecular weight is 1100 g/mol. The number of phenols is 2. The highest BCUT2D eigenvalue weighted by Gasteiger charge is 2.20. The van der Waals surface area contributed by atoms with Crippen molar-refractivity contribution in [2.75, 3.05) is 36.9 Å². The van der Waals surface area contributed by atoms with E-state index in [9.17, 15) is 29.4 Å². The molecule has 0 saturated heterocycles. The molecule has 0 spiro atoms.